The number of carbonyl (C=O) groups is 1. The lowest BCUT2D eigenvalue weighted by atomic mass is 10.1. The molecule has 0 fully saturated rings. The van der Waals surface area contributed by atoms with Gasteiger partial charge in [0.05, 0.1) is 12.8 Å². The van der Waals surface area contributed by atoms with Gasteiger partial charge in [0, 0.05) is 31.0 Å². The predicted molar refractivity (Wildman–Crippen MR) is 95.3 cm³/mol. The van der Waals surface area contributed by atoms with Gasteiger partial charge in [0.25, 0.3) is 5.91 Å². The lowest BCUT2D eigenvalue weighted by molar-refractivity contribution is 0.0945. The summed E-state index contributed by atoms with van der Waals surface area (Å²) >= 11 is 0. The number of rotatable bonds is 6. The molecule has 1 aromatic carbocycles. The average Bonchev–Trinajstić information content (AvgIpc) is 3.11. The monoisotopic (exact) mass is 336 g/mol. The SMILES string of the molecule is CCn1nc(C(=O)NCc2cccnc2)cc1-c1cccc(OC)c1. The second-order valence-electron chi connectivity index (χ2n) is 5.51. The predicted octanol–water partition coefficient (Wildman–Crippen LogP) is 2.90. The van der Waals surface area contributed by atoms with Gasteiger partial charge in [-0.2, -0.15) is 5.10 Å². The van der Waals surface area contributed by atoms with Crippen LogP contribution in [0.2, 0.25) is 0 Å². The van der Waals surface area contributed by atoms with Crippen molar-refractivity contribution in [2.75, 3.05) is 7.11 Å². The first kappa shape index (κ1) is 16.7. The Morgan fingerprint density at radius 3 is 2.84 bits per heavy atom. The summed E-state index contributed by atoms with van der Waals surface area (Å²) < 4.78 is 7.09. The molecule has 0 bridgehead atoms. The Morgan fingerprint density at radius 2 is 2.12 bits per heavy atom. The van der Waals surface area contributed by atoms with E-state index >= 15 is 0 Å². The molecule has 128 valence electrons. The maximum atomic E-state index is 12.4. The van der Waals surface area contributed by atoms with Crippen LogP contribution in [0, 0.1) is 0 Å². The first-order chi connectivity index (χ1) is 12.2. The molecule has 0 spiro atoms. The highest BCUT2D eigenvalue weighted by Crippen LogP contribution is 2.24. The van der Waals surface area contributed by atoms with Gasteiger partial charge < -0.3 is 10.1 Å². The van der Waals surface area contributed by atoms with Gasteiger partial charge >= 0.3 is 0 Å². The fourth-order valence-electron chi connectivity index (χ4n) is 2.56. The number of hydrogen-bond donors (Lipinski definition) is 1. The molecule has 3 rings (SSSR count). The Balaban J connectivity index is 1.81. The Kier molecular flexibility index (Phi) is 5.09. The fraction of sp³-hybridized carbons (Fsp3) is 0.211. The molecule has 6 heteroatoms. The standard InChI is InChI=1S/C19H20N4O2/c1-3-23-18(15-7-4-8-16(10-15)25-2)11-17(22-23)19(24)21-13-14-6-5-9-20-12-14/h4-12H,3,13H2,1-2H3,(H,21,24). The van der Waals surface area contributed by atoms with E-state index in [1.165, 1.54) is 0 Å². The van der Waals surface area contributed by atoms with Crippen molar-refractivity contribution in [3.63, 3.8) is 0 Å². The van der Waals surface area contributed by atoms with E-state index in [1.54, 1.807) is 25.6 Å². The molecule has 25 heavy (non-hydrogen) atoms. The Hall–Kier alpha value is -3.15. The third-order valence-corrected chi connectivity index (χ3v) is 3.85. The van der Waals surface area contributed by atoms with Gasteiger partial charge in [0.15, 0.2) is 5.69 Å². The van der Waals surface area contributed by atoms with Crippen LogP contribution in [0.3, 0.4) is 0 Å². The van der Waals surface area contributed by atoms with Crippen LogP contribution in [0.15, 0.2) is 54.9 Å². The Morgan fingerprint density at radius 1 is 1.24 bits per heavy atom. The molecule has 0 radical (unpaired) electrons. The molecule has 0 saturated carbocycles. The normalized spacial score (nSPS) is 10.5. The molecular weight excluding hydrogens is 316 g/mol. The minimum atomic E-state index is -0.208. The zero-order valence-electron chi connectivity index (χ0n) is 14.3. The molecule has 1 N–H and O–H groups in total. The van der Waals surface area contributed by atoms with Gasteiger partial charge in [-0.25, -0.2) is 0 Å². The lowest BCUT2D eigenvalue weighted by Crippen LogP contribution is -2.23. The Labute approximate surface area is 146 Å². The van der Waals surface area contributed by atoms with E-state index < -0.39 is 0 Å². The molecule has 0 aliphatic rings. The summed E-state index contributed by atoms with van der Waals surface area (Å²) in [5.41, 5.74) is 3.18. The second-order valence-corrected chi connectivity index (χ2v) is 5.51. The third-order valence-electron chi connectivity index (χ3n) is 3.85. The summed E-state index contributed by atoms with van der Waals surface area (Å²) in [6.45, 7) is 3.08. The van der Waals surface area contributed by atoms with Crippen molar-refractivity contribution in [3.05, 3.63) is 66.1 Å². The van der Waals surface area contributed by atoms with Crippen LogP contribution in [0.1, 0.15) is 23.0 Å². The quantitative estimate of drug-likeness (QED) is 0.751. The van der Waals surface area contributed by atoms with Crippen LogP contribution in [0.5, 0.6) is 5.75 Å². The van der Waals surface area contributed by atoms with Crippen molar-refractivity contribution >= 4 is 5.91 Å². The van der Waals surface area contributed by atoms with Crippen molar-refractivity contribution in [2.45, 2.75) is 20.0 Å². The molecule has 2 aromatic heterocycles. The van der Waals surface area contributed by atoms with Gasteiger partial charge in [0.2, 0.25) is 0 Å². The maximum Gasteiger partial charge on any atom is 0.272 e. The van der Waals surface area contributed by atoms with Gasteiger partial charge in [-0.3, -0.25) is 14.5 Å². The zero-order valence-corrected chi connectivity index (χ0v) is 14.3. The van der Waals surface area contributed by atoms with Crippen molar-refractivity contribution in [2.24, 2.45) is 0 Å². The van der Waals surface area contributed by atoms with Crippen molar-refractivity contribution < 1.29 is 9.53 Å². The molecule has 0 saturated heterocycles. The molecule has 2 heterocycles. The van der Waals surface area contributed by atoms with Gasteiger partial charge in [-0.05, 0) is 36.8 Å². The third kappa shape index (κ3) is 3.85. The van der Waals surface area contributed by atoms with Crippen LogP contribution < -0.4 is 10.1 Å². The number of benzene rings is 1. The lowest BCUT2D eigenvalue weighted by Gasteiger charge is -2.06. The number of aryl methyl sites for hydroxylation is 1. The largest absolute Gasteiger partial charge is 0.497 e. The van der Waals surface area contributed by atoms with Gasteiger partial charge in [-0.1, -0.05) is 18.2 Å². The Bertz CT molecular complexity index is 859. The highest BCUT2D eigenvalue weighted by Gasteiger charge is 2.15. The van der Waals surface area contributed by atoms with E-state index in [1.807, 2.05) is 48.0 Å². The topological polar surface area (TPSA) is 69.0 Å². The minimum Gasteiger partial charge on any atom is -0.497 e. The van der Waals surface area contributed by atoms with E-state index in [0.717, 1.165) is 22.6 Å². The first-order valence-electron chi connectivity index (χ1n) is 8.10. The number of ether oxygens (including phenoxy) is 1. The van der Waals surface area contributed by atoms with E-state index in [0.29, 0.717) is 18.8 Å². The zero-order chi connectivity index (χ0) is 17.6. The fourth-order valence-corrected chi connectivity index (χ4v) is 2.56. The minimum absolute atomic E-state index is 0.208. The molecular formula is C19H20N4O2. The van der Waals surface area contributed by atoms with Crippen LogP contribution >= 0.6 is 0 Å². The summed E-state index contributed by atoms with van der Waals surface area (Å²) in [7, 11) is 1.63. The number of nitrogens with zero attached hydrogens (tertiary/aromatic N) is 3. The average molecular weight is 336 g/mol. The van der Waals surface area contributed by atoms with Crippen molar-refractivity contribution in [3.8, 4) is 17.0 Å². The van der Waals surface area contributed by atoms with Crippen LogP contribution in [0.4, 0.5) is 0 Å². The van der Waals surface area contributed by atoms with E-state index in [4.69, 9.17) is 4.74 Å². The van der Waals surface area contributed by atoms with Crippen LogP contribution in [-0.2, 0) is 13.1 Å². The number of hydrogen-bond acceptors (Lipinski definition) is 4. The summed E-state index contributed by atoms with van der Waals surface area (Å²) in [4.78, 5) is 16.5. The van der Waals surface area contributed by atoms with E-state index in [9.17, 15) is 4.79 Å². The summed E-state index contributed by atoms with van der Waals surface area (Å²) in [5, 5.41) is 7.30. The maximum absolute atomic E-state index is 12.4. The smallest absolute Gasteiger partial charge is 0.272 e. The molecule has 0 unspecified atom stereocenters. The van der Waals surface area contributed by atoms with Gasteiger partial charge in [0.1, 0.15) is 5.75 Å². The molecule has 1 amide bonds. The van der Waals surface area contributed by atoms with E-state index in [2.05, 4.69) is 15.4 Å². The van der Waals surface area contributed by atoms with Crippen LogP contribution in [0.25, 0.3) is 11.3 Å². The molecule has 6 nitrogen and oxygen atoms in total. The molecule has 0 aliphatic heterocycles. The number of aromatic nitrogens is 3. The molecule has 3 aromatic rings. The number of carbonyl (C=O) groups excluding carboxylic acids is 1. The van der Waals surface area contributed by atoms with Crippen molar-refractivity contribution in [1.82, 2.24) is 20.1 Å². The summed E-state index contributed by atoms with van der Waals surface area (Å²) in [5.74, 6) is 0.559. The second kappa shape index (κ2) is 7.61. The first-order valence-corrected chi connectivity index (χ1v) is 8.10. The highest BCUT2D eigenvalue weighted by molar-refractivity contribution is 5.93. The van der Waals surface area contributed by atoms with Crippen molar-refractivity contribution in [1.29, 1.82) is 0 Å². The summed E-state index contributed by atoms with van der Waals surface area (Å²) in [6.07, 6.45) is 3.43. The molecule has 0 atom stereocenters. The van der Waals surface area contributed by atoms with E-state index in [-0.39, 0.29) is 5.91 Å². The molecule has 0 aliphatic carbocycles. The van der Waals surface area contributed by atoms with Gasteiger partial charge in [-0.15, -0.1) is 0 Å². The van der Waals surface area contributed by atoms with Crippen LogP contribution in [-0.4, -0.2) is 27.8 Å². The number of amides is 1. The summed E-state index contributed by atoms with van der Waals surface area (Å²) in [6, 6.07) is 13.3. The number of pyridine rings is 1. The number of nitrogens with one attached hydrogen (secondary N) is 1. The highest BCUT2D eigenvalue weighted by atomic mass is 16.5. The number of methoxy groups -OCH3 is 1.